The Morgan fingerprint density at radius 2 is 1.87 bits per heavy atom. The van der Waals surface area contributed by atoms with E-state index in [0.717, 1.165) is 5.56 Å². The van der Waals surface area contributed by atoms with Crippen LogP contribution < -0.4 is 4.31 Å². The Kier molecular flexibility index (Phi) is 5.73. The van der Waals surface area contributed by atoms with Crippen molar-refractivity contribution in [1.29, 1.82) is 0 Å². The number of fused-ring (bicyclic) bond motifs is 1. The summed E-state index contributed by atoms with van der Waals surface area (Å²) < 4.78 is 47.2. The Morgan fingerprint density at radius 3 is 2.65 bits per heavy atom. The topological polar surface area (TPSA) is 63.7 Å². The SMILES string of the molecule is C[C@@H]1Cc2ccccc2N1S(=O)(=O)c1cccc(C(=O)OCc2c(F)cccc2Cl)c1. The molecule has 3 aromatic carbocycles. The highest BCUT2D eigenvalue weighted by Crippen LogP contribution is 2.36. The lowest BCUT2D eigenvalue weighted by molar-refractivity contribution is 0.0469. The molecule has 0 saturated heterocycles. The molecule has 160 valence electrons. The van der Waals surface area contributed by atoms with Gasteiger partial charge in [0.2, 0.25) is 0 Å². The standard InChI is InChI=1S/C23H19ClFNO4S/c1-15-12-16-6-2-3-11-22(16)26(15)31(28,29)18-8-4-7-17(13-18)23(27)30-14-19-20(24)9-5-10-21(19)25/h2-11,13,15H,12,14H2,1H3/t15-/m1/s1. The number of anilines is 1. The first-order valence-electron chi connectivity index (χ1n) is 9.61. The number of hydrogen-bond donors (Lipinski definition) is 0. The van der Waals surface area contributed by atoms with Crippen molar-refractivity contribution in [2.24, 2.45) is 0 Å². The van der Waals surface area contributed by atoms with Gasteiger partial charge in [-0.3, -0.25) is 4.31 Å². The zero-order chi connectivity index (χ0) is 22.2. The van der Waals surface area contributed by atoms with Gasteiger partial charge in [0.05, 0.1) is 21.2 Å². The molecule has 0 radical (unpaired) electrons. The van der Waals surface area contributed by atoms with Crippen molar-refractivity contribution >= 4 is 33.3 Å². The molecule has 0 N–H and O–H groups in total. The monoisotopic (exact) mass is 459 g/mol. The first-order valence-corrected chi connectivity index (χ1v) is 11.4. The van der Waals surface area contributed by atoms with Crippen LogP contribution in [0.25, 0.3) is 0 Å². The summed E-state index contributed by atoms with van der Waals surface area (Å²) in [6, 6.07) is 16.9. The molecule has 0 saturated carbocycles. The van der Waals surface area contributed by atoms with Crippen molar-refractivity contribution in [2.75, 3.05) is 4.31 Å². The highest BCUT2D eigenvalue weighted by molar-refractivity contribution is 7.92. The van der Waals surface area contributed by atoms with Crippen LogP contribution in [0.5, 0.6) is 0 Å². The van der Waals surface area contributed by atoms with Gasteiger partial charge in [-0.25, -0.2) is 17.6 Å². The summed E-state index contributed by atoms with van der Waals surface area (Å²) in [5.41, 5.74) is 1.70. The molecule has 0 unspecified atom stereocenters. The minimum Gasteiger partial charge on any atom is -0.457 e. The minimum atomic E-state index is -3.89. The molecule has 1 aliphatic rings. The van der Waals surface area contributed by atoms with E-state index in [0.29, 0.717) is 12.1 Å². The van der Waals surface area contributed by atoms with E-state index >= 15 is 0 Å². The van der Waals surface area contributed by atoms with Crippen LogP contribution in [-0.2, 0) is 27.8 Å². The van der Waals surface area contributed by atoms with Crippen molar-refractivity contribution in [3.63, 3.8) is 0 Å². The third-order valence-corrected chi connectivity index (χ3v) is 7.46. The zero-order valence-electron chi connectivity index (χ0n) is 16.6. The second kappa shape index (κ2) is 8.32. The van der Waals surface area contributed by atoms with E-state index in [-0.39, 0.29) is 33.7 Å². The molecule has 3 aromatic rings. The van der Waals surface area contributed by atoms with E-state index in [1.165, 1.54) is 46.8 Å². The van der Waals surface area contributed by atoms with E-state index < -0.39 is 21.8 Å². The molecule has 5 nitrogen and oxygen atoms in total. The van der Waals surface area contributed by atoms with E-state index in [9.17, 15) is 17.6 Å². The molecular weight excluding hydrogens is 441 g/mol. The van der Waals surface area contributed by atoms with Crippen LogP contribution in [0.4, 0.5) is 10.1 Å². The molecule has 1 atom stereocenters. The Hall–Kier alpha value is -2.90. The molecule has 4 rings (SSSR count). The quantitative estimate of drug-likeness (QED) is 0.505. The van der Waals surface area contributed by atoms with Crippen LogP contribution in [-0.4, -0.2) is 20.4 Å². The van der Waals surface area contributed by atoms with Crippen LogP contribution in [0, 0.1) is 5.82 Å². The van der Waals surface area contributed by atoms with Crippen LogP contribution in [0.15, 0.2) is 71.6 Å². The highest BCUT2D eigenvalue weighted by atomic mass is 35.5. The maximum Gasteiger partial charge on any atom is 0.338 e. The Bertz CT molecular complexity index is 1240. The van der Waals surface area contributed by atoms with Gasteiger partial charge >= 0.3 is 5.97 Å². The first-order chi connectivity index (χ1) is 14.8. The lowest BCUT2D eigenvalue weighted by atomic mass is 10.1. The highest BCUT2D eigenvalue weighted by Gasteiger charge is 2.36. The molecule has 0 spiro atoms. The molecule has 8 heteroatoms. The molecule has 1 heterocycles. The third-order valence-electron chi connectivity index (χ3n) is 5.18. The fraction of sp³-hybridized carbons (Fsp3) is 0.174. The van der Waals surface area contributed by atoms with Gasteiger partial charge in [0, 0.05) is 11.6 Å². The van der Waals surface area contributed by atoms with Gasteiger partial charge in [-0.15, -0.1) is 0 Å². The number of benzene rings is 3. The normalized spacial score (nSPS) is 15.6. The number of halogens is 2. The van der Waals surface area contributed by atoms with Crippen molar-refractivity contribution in [3.8, 4) is 0 Å². The first kappa shape index (κ1) is 21.3. The number of para-hydroxylation sites is 1. The van der Waals surface area contributed by atoms with E-state index in [1.807, 2.05) is 19.1 Å². The lowest BCUT2D eigenvalue weighted by Crippen LogP contribution is -2.35. The number of esters is 1. The number of sulfonamides is 1. The van der Waals surface area contributed by atoms with Crippen LogP contribution in [0.3, 0.4) is 0 Å². The summed E-state index contributed by atoms with van der Waals surface area (Å²) in [6.07, 6.45) is 0.612. The molecular formula is C23H19ClFNO4S. The molecule has 0 bridgehead atoms. The molecule has 0 amide bonds. The van der Waals surface area contributed by atoms with E-state index in [4.69, 9.17) is 16.3 Å². The van der Waals surface area contributed by atoms with Gasteiger partial charge in [-0.2, -0.15) is 0 Å². The van der Waals surface area contributed by atoms with Crippen molar-refractivity contribution < 1.29 is 22.3 Å². The summed E-state index contributed by atoms with van der Waals surface area (Å²) in [6.45, 7) is 1.48. The number of carbonyl (C=O) groups is 1. The predicted molar refractivity (Wildman–Crippen MR) is 116 cm³/mol. The molecule has 0 aromatic heterocycles. The molecule has 0 aliphatic carbocycles. The lowest BCUT2D eigenvalue weighted by Gasteiger charge is -2.24. The Labute approximate surface area is 185 Å². The smallest absolute Gasteiger partial charge is 0.338 e. The zero-order valence-corrected chi connectivity index (χ0v) is 18.2. The van der Waals surface area contributed by atoms with Gasteiger partial charge in [-0.1, -0.05) is 41.9 Å². The molecule has 0 fully saturated rings. The Balaban J connectivity index is 1.59. The number of ether oxygens (including phenoxy) is 1. The fourth-order valence-electron chi connectivity index (χ4n) is 3.69. The summed E-state index contributed by atoms with van der Waals surface area (Å²) in [7, 11) is -3.89. The van der Waals surface area contributed by atoms with Gasteiger partial charge < -0.3 is 4.74 Å². The Morgan fingerprint density at radius 1 is 1.13 bits per heavy atom. The largest absolute Gasteiger partial charge is 0.457 e. The van der Waals surface area contributed by atoms with Gasteiger partial charge in [0.25, 0.3) is 10.0 Å². The number of carbonyl (C=O) groups excluding carboxylic acids is 1. The van der Waals surface area contributed by atoms with E-state index in [1.54, 1.807) is 12.1 Å². The van der Waals surface area contributed by atoms with Crippen molar-refractivity contribution in [1.82, 2.24) is 0 Å². The predicted octanol–water partition coefficient (Wildman–Crippen LogP) is 4.98. The van der Waals surface area contributed by atoms with Crippen LogP contribution in [0.2, 0.25) is 5.02 Å². The van der Waals surface area contributed by atoms with Gasteiger partial charge in [-0.05, 0) is 55.3 Å². The summed E-state index contributed by atoms with van der Waals surface area (Å²) >= 11 is 5.96. The van der Waals surface area contributed by atoms with Gasteiger partial charge in [0.1, 0.15) is 12.4 Å². The number of hydrogen-bond acceptors (Lipinski definition) is 4. The second-order valence-corrected chi connectivity index (χ2v) is 9.51. The van der Waals surface area contributed by atoms with Crippen LogP contribution >= 0.6 is 11.6 Å². The van der Waals surface area contributed by atoms with Gasteiger partial charge in [0.15, 0.2) is 0 Å². The minimum absolute atomic E-state index is 0.0190. The summed E-state index contributed by atoms with van der Waals surface area (Å²) in [5.74, 6) is -1.36. The average Bonchev–Trinajstić information content (AvgIpc) is 3.09. The molecule has 1 aliphatic heterocycles. The summed E-state index contributed by atoms with van der Waals surface area (Å²) in [5, 5.41) is 0.144. The average molecular weight is 460 g/mol. The maximum absolute atomic E-state index is 13.9. The van der Waals surface area contributed by atoms with E-state index in [2.05, 4.69) is 0 Å². The number of nitrogens with zero attached hydrogens (tertiary/aromatic N) is 1. The van der Waals surface area contributed by atoms with Crippen molar-refractivity contribution in [3.05, 3.63) is 94.3 Å². The van der Waals surface area contributed by atoms with Crippen molar-refractivity contribution in [2.45, 2.75) is 30.9 Å². The fourth-order valence-corrected chi connectivity index (χ4v) is 5.65. The second-order valence-electron chi connectivity index (χ2n) is 7.29. The maximum atomic E-state index is 13.9. The summed E-state index contributed by atoms with van der Waals surface area (Å²) in [4.78, 5) is 12.5. The van der Waals surface area contributed by atoms with Crippen LogP contribution in [0.1, 0.15) is 28.4 Å². The molecule has 31 heavy (non-hydrogen) atoms. The third kappa shape index (κ3) is 4.03. The number of rotatable bonds is 5.